The van der Waals surface area contributed by atoms with E-state index in [-0.39, 0.29) is 34.8 Å². The van der Waals surface area contributed by atoms with Crippen LogP contribution in [0.15, 0.2) is 0 Å². The molecule has 6 fully saturated rings. The zero-order valence-corrected chi connectivity index (χ0v) is 16.9. The van der Waals surface area contributed by atoms with Crippen LogP contribution in [0.25, 0.3) is 0 Å². The van der Waals surface area contributed by atoms with Crippen molar-refractivity contribution in [1.29, 1.82) is 0 Å². The van der Waals surface area contributed by atoms with Crippen molar-refractivity contribution in [2.45, 2.75) is 81.8 Å². The molecule has 1 heterocycles. The van der Waals surface area contributed by atoms with E-state index in [1.807, 2.05) is 7.11 Å². The number of nitrogens with zero attached hydrogens (tertiary/aromatic N) is 1. The van der Waals surface area contributed by atoms with Gasteiger partial charge in [-0.1, -0.05) is 13.8 Å². The van der Waals surface area contributed by atoms with E-state index in [4.69, 9.17) is 4.74 Å². The third-order valence-corrected chi connectivity index (χ3v) is 10.7. The average Bonchev–Trinajstić information content (AvgIpc) is 3.02. The zero-order valence-electron chi connectivity index (χ0n) is 16.9. The van der Waals surface area contributed by atoms with Crippen LogP contribution in [-0.4, -0.2) is 69.9 Å². The monoisotopic (exact) mass is 377 g/mol. The van der Waals surface area contributed by atoms with Crippen molar-refractivity contribution in [1.82, 2.24) is 4.90 Å². The number of rotatable bonds is 2. The van der Waals surface area contributed by atoms with Gasteiger partial charge in [-0.05, 0) is 62.3 Å². The van der Waals surface area contributed by atoms with Crippen molar-refractivity contribution < 1.29 is 20.1 Å². The minimum absolute atomic E-state index is 0.0148. The Hall–Kier alpha value is -0.200. The molecule has 1 aliphatic heterocycles. The maximum absolute atomic E-state index is 12.5. The normalized spacial score (nSPS) is 66.2. The highest BCUT2D eigenvalue weighted by Crippen LogP contribution is 2.80. The topological polar surface area (TPSA) is 73.2 Å². The number of methoxy groups -OCH3 is 1. The van der Waals surface area contributed by atoms with Crippen LogP contribution in [0, 0.1) is 34.5 Å². The first-order valence-electron chi connectivity index (χ1n) is 11.2. The minimum atomic E-state index is -1.03. The van der Waals surface area contributed by atoms with Crippen LogP contribution in [0.2, 0.25) is 0 Å². The molecule has 27 heavy (non-hydrogen) atoms. The van der Waals surface area contributed by atoms with Gasteiger partial charge in [-0.3, -0.25) is 4.90 Å². The molecular formula is C22H35NO4. The highest BCUT2D eigenvalue weighted by atomic mass is 16.5. The van der Waals surface area contributed by atoms with Crippen LogP contribution < -0.4 is 0 Å². The fourth-order valence-corrected chi connectivity index (χ4v) is 10.1. The Kier molecular flexibility index (Phi) is 3.21. The summed E-state index contributed by atoms with van der Waals surface area (Å²) in [5.74, 6) is 0.216. The van der Waals surface area contributed by atoms with Gasteiger partial charge < -0.3 is 20.1 Å². The summed E-state index contributed by atoms with van der Waals surface area (Å²) in [6.45, 7) is 6.65. The molecule has 0 aromatic rings. The van der Waals surface area contributed by atoms with E-state index in [1.165, 1.54) is 0 Å². The Labute approximate surface area is 162 Å². The van der Waals surface area contributed by atoms with Crippen LogP contribution in [-0.2, 0) is 4.74 Å². The van der Waals surface area contributed by atoms with Crippen LogP contribution >= 0.6 is 0 Å². The summed E-state index contributed by atoms with van der Waals surface area (Å²) in [4.78, 5) is 2.57. The number of aliphatic hydroxyl groups is 3. The molecule has 5 nitrogen and oxygen atoms in total. The summed E-state index contributed by atoms with van der Waals surface area (Å²) in [5.41, 5.74) is -2.17. The molecule has 5 saturated carbocycles. The molecule has 152 valence electrons. The lowest BCUT2D eigenvalue weighted by Crippen LogP contribution is -2.81. The highest BCUT2D eigenvalue weighted by Gasteiger charge is 2.87. The van der Waals surface area contributed by atoms with Gasteiger partial charge in [0.05, 0.1) is 23.4 Å². The van der Waals surface area contributed by atoms with Crippen LogP contribution in [0.5, 0.6) is 0 Å². The number of hydrogen-bond donors (Lipinski definition) is 3. The minimum Gasteiger partial charge on any atom is -0.392 e. The summed E-state index contributed by atoms with van der Waals surface area (Å²) in [7, 11) is 1.81. The molecule has 0 radical (unpaired) electrons. The maximum Gasteiger partial charge on any atom is 0.0830 e. The Morgan fingerprint density at radius 3 is 2.67 bits per heavy atom. The molecule has 7 bridgehead atoms. The second kappa shape index (κ2) is 4.92. The van der Waals surface area contributed by atoms with E-state index in [0.29, 0.717) is 12.3 Å². The van der Waals surface area contributed by atoms with Crippen LogP contribution in [0.1, 0.15) is 52.4 Å². The van der Waals surface area contributed by atoms with Crippen molar-refractivity contribution in [3.05, 3.63) is 0 Å². The van der Waals surface area contributed by atoms with Gasteiger partial charge >= 0.3 is 0 Å². The Balaban J connectivity index is 1.66. The molecule has 6 aliphatic rings. The average molecular weight is 378 g/mol. The molecule has 0 amide bonds. The molecule has 3 N–H and O–H groups in total. The first kappa shape index (κ1) is 17.6. The predicted molar refractivity (Wildman–Crippen MR) is 99.9 cm³/mol. The molecule has 0 aromatic carbocycles. The summed E-state index contributed by atoms with van der Waals surface area (Å²) in [6.07, 6.45) is 4.73. The van der Waals surface area contributed by atoms with Gasteiger partial charge in [0.25, 0.3) is 0 Å². The van der Waals surface area contributed by atoms with Crippen LogP contribution in [0.4, 0.5) is 0 Å². The Morgan fingerprint density at radius 1 is 1.19 bits per heavy atom. The standard InChI is InChI=1S/C22H35NO4/c1-4-23-11-19(2)7-6-15(27-3)22-14(19)9-13(18(22)23)20(25)8-5-12-10-21(22,26)17(20)16(12)24/h12-18,24-26H,4-11H2,1-3H3/t12-,13-,14+,15-,16-,17+,18?,19-,20-,21-,22-/m0/s1. The van der Waals surface area contributed by atoms with Gasteiger partial charge in [-0.25, -0.2) is 0 Å². The summed E-state index contributed by atoms with van der Waals surface area (Å²) < 4.78 is 6.15. The summed E-state index contributed by atoms with van der Waals surface area (Å²) in [6, 6.07) is 0.168. The fraction of sp³-hybridized carbons (Fsp3) is 1.00. The van der Waals surface area contributed by atoms with Gasteiger partial charge in [-0.2, -0.15) is 0 Å². The highest BCUT2D eigenvalue weighted by molar-refractivity contribution is 5.37. The van der Waals surface area contributed by atoms with Gasteiger partial charge in [0, 0.05) is 36.9 Å². The summed E-state index contributed by atoms with van der Waals surface area (Å²) in [5, 5.41) is 35.7. The van der Waals surface area contributed by atoms with Gasteiger partial charge in [-0.15, -0.1) is 0 Å². The van der Waals surface area contributed by atoms with Crippen molar-refractivity contribution >= 4 is 0 Å². The van der Waals surface area contributed by atoms with E-state index >= 15 is 0 Å². The maximum atomic E-state index is 12.5. The number of likely N-dealkylation sites (tertiary alicyclic amines) is 1. The van der Waals surface area contributed by atoms with Crippen LogP contribution in [0.3, 0.4) is 0 Å². The lowest BCUT2D eigenvalue weighted by molar-refractivity contribution is -0.321. The van der Waals surface area contributed by atoms with E-state index in [9.17, 15) is 15.3 Å². The lowest BCUT2D eigenvalue weighted by Gasteiger charge is -2.71. The molecule has 1 saturated heterocycles. The van der Waals surface area contributed by atoms with E-state index in [1.54, 1.807) is 0 Å². The van der Waals surface area contributed by atoms with Crippen molar-refractivity contribution in [2.24, 2.45) is 34.5 Å². The van der Waals surface area contributed by atoms with Crippen molar-refractivity contribution in [2.75, 3.05) is 20.2 Å². The quantitative estimate of drug-likeness (QED) is 0.678. The Morgan fingerprint density at radius 2 is 1.96 bits per heavy atom. The molecule has 5 aliphatic carbocycles. The number of aliphatic hydroxyl groups excluding tert-OH is 1. The SMILES string of the molecule is CCN1C[C@]2(C)CC[C@H](OC)[C@]34C1[C@H](C[C@H]23)[C@@]1(O)CC[C@H]2C[C@]4(O)[C@@H]1[C@H]2O. The largest absolute Gasteiger partial charge is 0.392 e. The fourth-order valence-electron chi connectivity index (χ4n) is 10.1. The molecule has 1 spiro atoms. The molecule has 11 atom stereocenters. The van der Waals surface area contributed by atoms with Gasteiger partial charge in [0.2, 0.25) is 0 Å². The number of ether oxygens (including phenoxy) is 1. The first-order valence-corrected chi connectivity index (χ1v) is 11.2. The van der Waals surface area contributed by atoms with Crippen molar-refractivity contribution in [3.63, 3.8) is 0 Å². The number of piperidine rings is 1. The smallest absolute Gasteiger partial charge is 0.0830 e. The van der Waals surface area contributed by atoms with E-state index in [2.05, 4.69) is 18.7 Å². The van der Waals surface area contributed by atoms with Gasteiger partial charge in [0.1, 0.15) is 0 Å². The third kappa shape index (κ3) is 1.56. The molecule has 5 heteroatoms. The second-order valence-electron chi connectivity index (χ2n) is 11.1. The second-order valence-corrected chi connectivity index (χ2v) is 11.1. The lowest BCUT2D eigenvalue weighted by atomic mass is 9.41. The van der Waals surface area contributed by atoms with E-state index < -0.39 is 23.2 Å². The molecule has 1 unspecified atom stereocenters. The predicted octanol–water partition coefficient (Wildman–Crippen LogP) is 1.39. The molecular weight excluding hydrogens is 342 g/mol. The first-order chi connectivity index (χ1) is 12.8. The van der Waals surface area contributed by atoms with E-state index in [0.717, 1.165) is 45.2 Å². The van der Waals surface area contributed by atoms with Gasteiger partial charge in [0.15, 0.2) is 0 Å². The third-order valence-electron chi connectivity index (χ3n) is 10.7. The zero-order chi connectivity index (χ0) is 19.0. The number of fused-ring (bicyclic) bond motifs is 2. The molecule has 6 rings (SSSR count). The molecule has 0 aromatic heterocycles. The Bertz CT molecular complexity index is 687. The summed E-state index contributed by atoms with van der Waals surface area (Å²) >= 11 is 0. The number of hydrogen-bond acceptors (Lipinski definition) is 5. The van der Waals surface area contributed by atoms with Crippen molar-refractivity contribution in [3.8, 4) is 0 Å².